The molecule has 0 bridgehead atoms. The topological polar surface area (TPSA) is 81.7 Å². The highest BCUT2D eigenvalue weighted by molar-refractivity contribution is 6.74. The second-order valence-corrected chi connectivity index (χ2v) is 17.3. The second kappa shape index (κ2) is 9.48. The van der Waals surface area contributed by atoms with Crippen molar-refractivity contribution in [2.24, 2.45) is 5.92 Å². The summed E-state index contributed by atoms with van der Waals surface area (Å²) in [6, 6.07) is 0. The van der Waals surface area contributed by atoms with Gasteiger partial charge in [0, 0.05) is 19.4 Å². The SMILES string of the molecule is CO[C@]1(CO[Si](C)(C)C(C)(C)C)O[C@@H]([C@@H]2OC(C)(C)O[C@@H]2C[C@@H](C)C=O)C[C@H]2OC(C)(C)O[C@H]21. The van der Waals surface area contributed by atoms with E-state index in [9.17, 15) is 4.79 Å². The number of hydrogen-bond acceptors (Lipinski definition) is 8. The number of aldehydes is 1. The van der Waals surface area contributed by atoms with Crippen LogP contribution in [0.2, 0.25) is 18.1 Å². The van der Waals surface area contributed by atoms with E-state index < -0.39 is 31.8 Å². The molecular weight excluding hydrogens is 456 g/mol. The normalized spacial score (nSPS) is 38.5. The number of hydrogen-bond donors (Lipinski definition) is 0. The molecule has 0 aliphatic carbocycles. The Morgan fingerprint density at radius 3 is 2.18 bits per heavy atom. The summed E-state index contributed by atoms with van der Waals surface area (Å²) in [7, 11) is -0.470. The highest BCUT2D eigenvalue weighted by atomic mass is 28.4. The maximum atomic E-state index is 11.4. The van der Waals surface area contributed by atoms with Crippen LogP contribution in [-0.4, -0.2) is 76.2 Å². The molecule has 0 radical (unpaired) electrons. The van der Waals surface area contributed by atoms with Gasteiger partial charge in [0.05, 0.1) is 24.9 Å². The number of methoxy groups -OCH3 is 1. The number of carbonyl (C=O) groups excluding carboxylic acids is 1. The van der Waals surface area contributed by atoms with E-state index in [1.54, 1.807) is 7.11 Å². The van der Waals surface area contributed by atoms with Crippen molar-refractivity contribution >= 4 is 14.6 Å². The fourth-order valence-corrected chi connectivity index (χ4v) is 5.80. The van der Waals surface area contributed by atoms with Gasteiger partial charge in [0.15, 0.2) is 19.9 Å². The van der Waals surface area contributed by atoms with Crippen molar-refractivity contribution in [3.05, 3.63) is 0 Å². The van der Waals surface area contributed by atoms with E-state index in [0.717, 1.165) is 6.29 Å². The summed E-state index contributed by atoms with van der Waals surface area (Å²) in [6.07, 6.45) is 0.309. The van der Waals surface area contributed by atoms with Crippen LogP contribution in [0.5, 0.6) is 0 Å². The zero-order chi connectivity index (χ0) is 25.7. The van der Waals surface area contributed by atoms with Crippen LogP contribution in [0.15, 0.2) is 0 Å². The van der Waals surface area contributed by atoms with Crippen molar-refractivity contribution in [3.8, 4) is 0 Å². The maximum absolute atomic E-state index is 11.4. The number of fused-ring (bicyclic) bond motifs is 1. The minimum absolute atomic E-state index is 0.0319. The summed E-state index contributed by atoms with van der Waals surface area (Å²) in [5, 5.41) is 0.0319. The Kier molecular flexibility index (Phi) is 7.86. The van der Waals surface area contributed by atoms with Crippen LogP contribution >= 0.6 is 0 Å². The first-order valence-electron chi connectivity index (χ1n) is 12.5. The maximum Gasteiger partial charge on any atom is 0.220 e. The van der Waals surface area contributed by atoms with Gasteiger partial charge in [0.2, 0.25) is 5.79 Å². The van der Waals surface area contributed by atoms with E-state index in [1.165, 1.54) is 0 Å². The lowest BCUT2D eigenvalue weighted by Crippen LogP contribution is -2.64. The lowest BCUT2D eigenvalue weighted by atomic mass is 9.89. The van der Waals surface area contributed by atoms with Crippen LogP contribution in [0.25, 0.3) is 0 Å². The molecule has 0 unspecified atom stereocenters. The molecule has 0 saturated carbocycles. The molecule has 9 heteroatoms. The second-order valence-electron chi connectivity index (χ2n) is 12.5. The van der Waals surface area contributed by atoms with Gasteiger partial charge in [-0.1, -0.05) is 27.7 Å². The van der Waals surface area contributed by atoms with Crippen molar-refractivity contribution in [2.45, 2.75) is 134 Å². The van der Waals surface area contributed by atoms with E-state index >= 15 is 0 Å². The summed E-state index contributed by atoms with van der Waals surface area (Å²) < 4.78 is 44.6. The predicted octanol–water partition coefficient (Wildman–Crippen LogP) is 4.41. The van der Waals surface area contributed by atoms with Gasteiger partial charge < -0.3 is 37.6 Å². The van der Waals surface area contributed by atoms with E-state index in [1.807, 2.05) is 34.6 Å². The van der Waals surface area contributed by atoms with Crippen LogP contribution in [0.1, 0.15) is 68.2 Å². The summed E-state index contributed by atoms with van der Waals surface area (Å²) >= 11 is 0. The molecule has 8 nitrogen and oxygen atoms in total. The van der Waals surface area contributed by atoms with Crippen LogP contribution in [0.3, 0.4) is 0 Å². The minimum atomic E-state index is -2.10. The molecule has 34 heavy (non-hydrogen) atoms. The molecule has 3 rings (SSSR count). The van der Waals surface area contributed by atoms with E-state index in [-0.39, 0.29) is 42.0 Å². The van der Waals surface area contributed by atoms with Crippen LogP contribution in [-0.2, 0) is 37.6 Å². The predicted molar refractivity (Wildman–Crippen MR) is 130 cm³/mol. The molecule has 3 saturated heterocycles. The number of ether oxygens (including phenoxy) is 6. The Morgan fingerprint density at radius 2 is 1.62 bits per heavy atom. The molecule has 3 heterocycles. The fourth-order valence-electron chi connectivity index (χ4n) is 4.80. The summed E-state index contributed by atoms with van der Waals surface area (Å²) in [4.78, 5) is 11.4. The third kappa shape index (κ3) is 5.77. The van der Waals surface area contributed by atoms with Crippen molar-refractivity contribution in [1.82, 2.24) is 0 Å². The smallest absolute Gasteiger partial charge is 0.220 e. The van der Waals surface area contributed by atoms with Crippen molar-refractivity contribution in [2.75, 3.05) is 13.7 Å². The standard InChI is InChI=1S/C25H46O8Si/c1-16(14-26)12-17-20(32-23(5,6)29-17)18-13-19-21(33-24(7,8)30-19)25(27-9,31-18)15-28-34(10,11)22(2,3)4/h14,16-21H,12-13,15H2,1-11H3/t16-,17-,18-,19-,20-,21-,25-/m1/s1. The molecule has 198 valence electrons. The molecule has 0 amide bonds. The average molecular weight is 503 g/mol. The Labute approximate surface area is 206 Å². The zero-order valence-corrected chi connectivity index (χ0v) is 23.9. The van der Waals surface area contributed by atoms with E-state index in [0.29, 0.717) is 12.8 Å². The molecule has 0 aromatic heterocycles. The minimum Gasteiger partial charge on any atom is -0.411 e. The summed E-state index contributed by atoms with van der Waals surface area (Å²) in [5.41, 5.74) is 0. The first-order valence-corrected chi connectivity index (χ1v) is 15.4. The summed E-state index contributed by atoms with van der Waals surface area (Å²) in [6.45, 7) is 20.7. The van der Waals surface area contributed by atoms with Crippen LogP contribution in [0.4, 0.5) is 0 Å². The Bertz CT molecular complexity index is 733. The van der Waals surface area contributed by atoms with Gasteiger partial charge in [-0.3, -0.25) is 0 Å². The molecule has 3 aliphatic rings. The van der Waals surface area contributed by atoms with Gasteiger partial charge in [-0.15, -0.1) is 0 Å². The van der Waals surface area contributed by atoms with Crippen LogP contribution in [0, 0.1) is 5.92 Å². The van der Waals surface area contributed by atoms with Gasteiger partial charge in [-0.25, -0.2) is 0 Å². The van der Waals surface area contributed by atoms with E-state index in [4.69, 9.17) is 32.8 Å². The number of rotatable bonds is 8. The molecule has 0 aromatic carbocycles. The van der Waals surface area contributed by atoms with Crippen molar-refractivity contribution in [1.29, 1.82) is 0 Å². The third-order valence-electron chi connectivity index (χ3n) is 7.64. The lowest BCUT2D eigenvalue weighted by Gasteiger charge is -2.48. The van der Waals surface area contributed by atoms with Gasteiger partial charge in [-0.05, 0) is 52.2 Å². The molecule has 0 spiro atoms. The molecule has 3 aliphatic heterocycles. The molecule has 7 atom stereocenters. The molecule has 3 fully saturated rings. The first kappa shape index (κ1) is 28.2. The molecule has 0 N–H and O–H groups in total. The van der Waals surface area contributed by atoms with Gasteiger partial charge >= 0.3 is 0 Å². The van der Waals surface area contributed by atoms with Crippen molar-refractivity contribution < 1.29 is 37.6 Å². The van der Waals surface area contributed by atoms with Gasteiger partial charge in [0.25, 0.3) is 0 Å². The average Bonchev–Trinajstić information content (AvgIpc) is 3.18. The Hall–Kier alpha value is -0.393. The van der Waals surface area contributed by atoms with Gasteiger partial charge in [0.1, 0.15) is 18.5 Å². The zero-order valence-electron chi connectivity index (χ0n) is 22.9. The quantitative estimate of drug-likeness (QED) is 0.357. The van der Waals surface area contributed by atoms with Gasteiger partial charge in [-0.2, -0.15) is 0 Å². The Balaban J connectivity index is 1.91. The van der Waals surface area contributed by atoms with E-state index in [2.05, 4.69) is 33.9 Å². The highest BCUT2D eigenvalue weighted by Gasteiger charge is 2.62. The molecule has 0 aromatic rings. The fraction of sp³-hybridized carbons (Fsp3) is 0.960. The largest absolute Gasteiger partial charge is 0.411 e. The first-order chi connectivity index (χ1) is 15.4. The summed E-state index contributed by atoms with van der Waals surface area (Å²) in [5.74, 6) is -2.86. The van der Waals surface area contributed by atoms with Crippen LogP contribution < -0.4 is 0 Å². The highest BCUT2D eigenvalue weighted by Crippen LogP contribution is 2.47. The Morgan fingerprint density at radius 1 is 1.00 bits per heavy atom. The monoisotopic (exact) mass is 502 g/mol. The number of carbonyl (C=O) groups is 1. The molecular formula is C25H46O8Si. The lowest BCUT2D eigenvalue weighted by molar-refractivity contribution is -0.340. The van der Waals surface area contributed by atoms with Crippen molar-refractivity contribution in [3.63, 3.8) is 0 Å². The third-order valence-corrected chi connectivity index (χ3v) is 12.1.